The third-order valence-electron chi connectivity index (χ3n) is 3.87. The molecule has 1 N–H and O–H groups in total. The van der Waals surface area contributed by atoms with Crippen molar-refractivity contribution in [3.05, 3.63) is 64.7 Å². The van der Waals surface area contributed by atoms with E-state index in [4.69, 9.17) is 11.6 Å². The summed E-state index contributed by atoms with van der Waals surface area (Å²) in [4.78, 5) is 1.29. The summed E-state index contributed by atoms with van der Waals surface area (Å²) >= 11 is 7.90. The molecule has 0 bridgehead atoms. The summed E-state index contributed by atoms with van der Waals surface area (Å²) in [6.07, 6.45) is 2.37. The van der Waals surface area contributed by atoms with Crippen LogP contribution >= 0.6 is 23.4 Å². The zero-order valence-corrected chi connectivity index (χ0v) is 13.0. The number of hydrogen-bond acceptors (Lipinski definition) is 2. The van der Waals surface area contributed by atoms with Crippen LogP contribution in [0.4, 0.5) is 0 Å². The number of hydrogen-bond donors (Lipinski definition) is 1. The Morgan fingerprint density at radius 1 is 1.10 bits per heavy atom. The number of nitrogens with one attached hydrogen (secondary N) is 1. The first-order valence-corrected chi connectivity index (χ1v) is 8.21. The molecule has 2 aromatic carbocycles. The minimum atomic E-state index is 0.417. The summed E-state index contributed by atoms with van der Waals surface area (Å²) < 4.78 is 0. The minimum absolute atomic E-state index is 0.417. The number of thioether (sulfide) groups is 1. The van der Waals surface area contributed by atoms with Crippen molar-refractivity contribution >= 4 is 23.4 Å². The van der Waals surface area contributed by atoms with Crippen molar-refractivity contribution in [2.45, 2.75) is 29.0 Å². The van der Waals surface area contributed by atoms with Crippen LogP contribution in [0.5, 0.6) is 0 Å². The van der Waals surface area contributed by atoms with Crippen LogP contribution < -0.4 is 5.32 Å². The molecule has 0 spiro atoms. The molecule has 0 amide bonds. The molecule has 3 heteroatoms. The van der Waals surface area contributed by atoms with Gasteiger partial charge in [0.05, 0.1) is 0 Å². The highest BCUT2D eigenvalue weighted by atomic mass is 35.5. The largest absolute Gasteiger partial charge is 0.312 e. The normalized spacial score (nSPS) is 21.5. The molecule has 20 heavy (non-hydrogen) atoms. The van der Waals surface area contributed by atoms with E-state index < -0.39 is 0 Å². The fraction of sp³-hybridized carbons (Fsp3) is 0.294. The van der Waals surface area contributed by atoms with Crippen molar-refractivity contribution in [3.63, 3.8) is 0 Å². The van der Waals surface area contributed by atoms with Crippen LogP contribution in [0, 0.1) is 0 Å². The lowest BCUT2D eigenvalue weighted by molar-refractivity contribution is 0.510. The number of aryl methyl sites for hydroxylation is 1. The molecule has 0 aromatic heterocycles. The molecule has 3 rings (SSSR count). The predicted octanol–water partition coefficient (Wildman–Crippen LogP) is 4.71. The number of fused-ring (bicyclic) bond motifs is 1. The van der Waals surface area contributed by atoms with Gasteiger partial charge in [0, 0.05) is 21.2 Å². The molecule has 1 aliphatic carbocycles. The molecule has 0 saturated heterocycles. The van der Waals surface area contributed by atoms with Gasteiger partial charge >= 0.3 is 0 Å². The molecular formula is C17H18ClNS. The van der Waals surface area contributed by atoms with Crippen molar-refractivity contribution in [1.29, 1.82) is 0 Å². The Labute approximate surface area is 129 Å². The molecule has 0 radical (unpaired) electrons. The summed E-state index contributed by atoms with van der Waals surface area (Å²) in [5.74, 6) is 0. The summed E-state index contributed by atoms with van der Waals surface area (Å²) in [6, 6.07) is 17.4. The Morgan fingerprint density at radius 2 is 1.85 bits per heavy atom. The average molecular weight is 304 g/mol. The standard InChI is InChI=1S/C17H18ClNS/c1-19-17-15-5-3-2-4-12(15)6-11-16(17)20-14-9-7-13(18)8-10-14/h2-5,7-10,16-17,19H,6,11H2,1H3. The van der Waals surface area contributed by atoms with Crippen molar-refractivity contribution in [1.82, 2.24) is 5.32 Å². The number of rotatable bonds is 3. The zero-order valence-electron chi connectivity index (χ0n) is 11.5. The van der Waals surface area contributed by atoms with E-state index in [0.29, 0.717) is 11.3 Å². The van der Waals surface area contributed by atoms with Crippen LogP contribution in [-0.4, -0.2) is 12.3 Å². The van der Waals surface area contributed by atoms with Gasteiger partial charge in [-0.2, -0.15) is 0 Å². The van der Waals surface area contributed by atoms with E-state index in [-0.39, 0.29) is 0 Å². The maximum Gasteiger partial charge on any atom is 0.0444 e. The van der Waals surface area contributed by atoms with Crippen molar-refractivity contribution in [3.8, 4) is 0 Å². The third kappa shape index (κ3) is 2.88. The highest BCUT2D eigenvalue weighted by Gasteiger charge is 2.28. The minimum Gasteiger partial charge on any atom is -0.312 e. The molecule has 104 valence electrons. The second-order valence-electron chi connectivity index (χ2n) is 5.11. The Hall–Kier alpha value is -0.960. The van der Waals surface area contributed by atoms with Gasteiger partial charge in [-0.15, -0.1) is 11.8 Å². The van der Waals surface area contributed by atoms with Gasteiger partial charge in [0.15, 0.2) is 0 Å². The van der Waals surface area contributed by atoms with Gasteiger partial charge < -0.3 is 5.32 Å². The SMILES string of the molecule is CNC1c2ccccc2CCC1Sc1ccc(Cl)cc1. The molecule has 1 nitrogen and oxygen atoms in total. The summed E-state index contributed by atoms with van der Waals surface area (Å²) in [5.41, 5.74) is 2.94. The Bertz CT molecular complexity index is 582. The van der Waals surface area contributed by atoms with Crippen molar-refractivity contribution < 1.29 is 0 Å². The molecule has 0 aliphatic heterocycles. The Morgan fingerprint density at radius 3 is 2.60 bits per heavy atom. The smallest absolute Gasteiger partial charge is 0.0444 e. The lowest BCUT2D eigenvalue weighted by atomic mass is 9.87. The highest BCUT2D eigenvalue weighted by Crippen LogP contribution is 2.40. The van der Waals surface area contributed by atoms with Gasteiger partial charge in [0.2, 0.25) is 0 Å². The Balaban J connectivity index is 1.82. The maximum absolute atomic E-state index is 5.96. The first-order valence-electron chi connectivity index (χ1n) is 6.95. The highest BCUT2D eigenvalue weighted by molar-refractivity contribution is 8.00. The van der Waals surface area contributed by atoms with E-state index >= 15 is 0 Å². The first kappa shape index (κ1) is 14.0. The van der Waals surface area contributed by atoms with Gasteiger partial charge in [0.25, 0.3) is 0 Å². The number of benzene rings is 2. The lowest BCUT2D eigenvalue weighted by Gasteiger charge is -2.33. The molecule has 2 atom stereocenters. The van der Waals surface area contributed by atoms with Crippen LogP contribution in [-0.2, 0) is 6.42 Å². The molecule has 2 unspecified atom stereocenters. The quantitative estimate of drug-likeness (QED) is 0.881. The second-order valence-corrected chi connectivity index (χ2v) is 6.86. The summed E-state index contributed by atoms with van der Waals surface area (Å²) in [6.45, 7) is 0. The van der Waals surface area contributed by atoms with E-state index in [0.717, 1.165) is 5.02 Å². The maximum atomic E-state index is 5.96. The van der Waals surface area contributed by atoms with E-state index in [2.05, 4.69) is 48.8 Å². The van der Waals surface area contributed by atoms with Crippen LogP contribution in [0.1, 0.15) is 23.6 Å². The van der Waals surface area contributed by atoms with Crippen LogP contribution in [0.2, 0.25) is 5.02 Å². The molecule has 0 fully saturated rings. The number of halogens is 1. The topological polar surface area (TPSA) is 12.0 Å². The van der Waals surface area contributed by atoms with E-state index in [9.17, 15) is 0 Å². The van der Waals surface area contributed by atoms with Gasteiger partial charge in [-0.25, -0.2) is 0 Å². The second kappa shape index (κ2) is 6.21. The van der Waals surface area contributed by atoms with Gasteiger partial charge in [0.1, 0.15) is 0 Å². The summed E-state index contributed by atoms with van der Waals surface area (Å²) in [7, 11) is 2.06. The molecule has 2 aromatic rings. The zero-order chi connectivity index (χ0) is 13.9. The third-order valence-corrected chi connectivity index (χ3v) is 5.48. The van der Waals surface area contributed by atoms with Crippen molar-refractivity contribution in [2.24, 2.45) is 0 Å². The van der Waals surface area contributed by atoms with Gasteiger partial charge in [-0.1, -0.05) is 35.9 Å². The lowest BCUT2D eigenvalue weighted by Crippen LogP contribution is -2.32. The predicted molar refractivity (Wildman–Crippen MR) is 87.7 cm³/mol. The molecular weight excluding hydrogens is 286 g/mol. The first-order chi connectivity index (χ1) is 9.78. The van der Waals surface area contributed by atoms with Crippen LogP contribution in [0.3, 0.4) is 0 Å². The molecule has 0 saturated carbocycles. The van der Waals surface area contributed by atoms with Gasteiger partial charge in [-0.3, -0.25) is 0 Å². The van der Waals surface area contributed by atoms with Crippen molar-refractivity contribution in [2.75, 3.05) is 7.05 Å². The Kier molecular flexibility index (Phi) is 4.35. The summed E-state index contributed by atoms with van der Waals surface area (Å²) in [5, 5.41) is 4.86. The van der Waals surface area contributed by atoms with E-state index in [1.165, 1.54) is 28.9 Å². The van der Waals surface area contributed by atoms with Crippen LogP contribution in [0.15, 0.2) is 53.4 Å². The molecule has 0 heterocycles. The fourth-order valence-corrected chi connectivity index (χ4v) is 4.31. The monoisotopic (exact) mass is 303 g/mol. The van der Waals surface area contributed by atoms with E-state index in [1.807, 2.05) is 23.9 Å². The van der Waals surface area contributed by atoms with Crippen LogP contribution in [0.25, 0.3) is 0 Å². The van der Waals surface area contributed by atoms with E-state index in [1.54, 1.807) is 0 Å². The average Bonchev–Trinajstić information content (AvgIpc) is 2.49. The fourth-order valence-electron chi connectivity index (χ4n) is 2.89. The molecule has 1 aliphatic rings. The van der Waals surface area contributed by atoms with Gasteiger partial charge in [-0.05, 0) is 55.3 Å².